The molecule has 2 unspecified atom stereocenters. The minimum Gasteiger partial charge on any atom is -0.444 e. The zero-order valence-corrected chi connectivity index (χ0v) is 29.4. The normalized spacial score (nSPS) is 24.0. The first-order valence-corrected chi connectivity index (χ1v) is 18.6. The lowest BCUT2D eigenvalue weighted by molar-refractivity contribution is -0.117. The Labute approximate surface area is 289 Å². The van der Waals surface area contributed by atoms with Gasteiger partial charge in [0.05, 0.1) is 36.8 Å². The quantitative estimate of drug-likeness (QED) is 0.287. The van der Waals surface area contributed by atoms with E-state index in [-0.39, 0.29) is 36.8 Å². The monoisotopic (exact) mass is 674 g/mol. The van der Waals surface area contributed by atoms with E-state index in [4.69, 9.17) is 14.5 Å². The summed E-state index contributed by atoms with van der Waals surface area (Å²) < 4.78 is 14.1. The fourth-order valence-electron chi connectivity index (χ4n) is 7.32. The van der Waals surface area contributed by atoms with Crippen LogP contribution in [-0.4, -0.2) is 97.6 Å². The number of carbonyl (C=O) groups is 2. The lowest BCUT2D eigenvalue weighted by atomic mass is 9.80. The first-order chi connectivity index (χ1) is 23.1. The van der Waals surface area contributed by atoms with Gasteiger partial charge in [-0.3, -0.25) is 4.79 Å². The number of hydrogen-bond acceptors (Lipinski definition) is 7. The van der Waals surface area contributed by atoms with Crippen LogP contribution in [0.15, 0.2) is 67.0 Å². The summed E-state index contributed by atoms with van der Waals surface area (Å²) in [4.78, 5) is 36.3. The molecule has 3 aromatic rings. The van der Waals surface area contributed by atoms with E-state index >= 15 is 0 Å². The zero-order valence-electron chi connectivity index (χ0n) is 28.6. The topological polar surface area (TPSA) is 97.1 Å². The highest BCUT2D eigenvalue weighted by Gasteiger charge is 2.43. The number of aromatic nitrogens is 2. The average molecular weight is 675 g/mol. The first kappa shape index (κ1) is 34.5. The Balaban J connectivity index is 1.32. The van der Waals surface area contributed by atoms with Gasteiger partial charge < -0.3 is 28.9 Å². The van der Waals surface area contributed by atoms with E-state index in [2.05, 4.69) is 12.1 Å². The molecular weight excluding hydrogens is 625 g/mol. The maximum absolute atomic E-state index is 14.7. The summed E-state index contributed by atoms with van der Waals surface area (Å²) in [7, 11) is 0. The first-order valence-electron chi connectivity index (χ1n) is 17.5. The number of ether oxygens (including phenoxy) is 2. The van der Waals surface area contributed by atoms with E-state index in [0.717, 1.165) is 54.7 Å². The van der Waals surface area contributed by atoms with Crippen LogP contribution >= 0.6 is 11.8 Å². The smallest absolute Gasteiger partial charge is 0.410 e. The molecule has 0 radical (unpaired) electrons. The van der Waals surface area contributed by atoms with Gasteiger partial charge in [0.25, 0.3) is 5.91 Å². The van der Waals surface area contributed by atoms with Gasteiger partial charge in [0.1, 0.15) is 11.2 Å². The van der Waals surface area contributed by atoms with Gasteiger partial charge in [-0.1, -0.05) is 73.5 Å². The fraction of sp³-hybridized carbons (Fsp3) is 0.553. The van der Waals surface area contributed by atoms with Crippen molar-refractivity contribution in [2.75, 3.05) is 37.7 Å². The van der Waals surface area contributed by atoms with E-state index in [9.17, 15) is 14.7 Å². The Hall–Kier alpha value is -3.34. The molecule has 3 heterocycles. The molecule has 258 valence electrons. The second-order valence-electron chi connectivity index (χ2n) is 14.5. The van der Waals surface area contributed by atoms with Crippen LogP contribution in [0.25, 0.3) is 11.3 Å². The summed E-state index contributed by atoms with van der Waals surface area (Å²) in [5.41, 5.74) is 1.36. The number of rotatable bonds is 8. The van der Waals surface area contributed by atoms with Gasteiger partial charge in [-0.05, 0) is 69.9 Å². The largest absolute Gasteiger partial charge is 0.444 e. The van der Waals surface area contributed by atoms with Crippen molar-refractivity contribution < 1.29 is 24.2 Å². The number of piperazine rings is 1. The number of thioether (sulfide) groups is 1. The van der Waals surface area contributed by atoms with Crippen molar-refractivity contribution in [3.8, 4) is 11.3 Å². The van der Waals surface area contributed by atoms with Crippen LogP contribution in [0.3, 0.4) is 0 Å². The molecule has 3 aliphatic rings. The number of hydrogen-bond donors (Lipinski definition) is 1. The van der Waals surface area contributed by atoms with Crippen molar-refractivity contribution in [3.05, 3.63) is 78.2 Å². The standard InChI is InChI=1S/C38H50N4O5S/c1-37(2,3)47-36(44)40-20-21-41(30(25-40)24-28-12-6-4-7-13-28)35(43)33-34(29-14-8-5-9-15-29)42(27-39-33)32-16-10-11-19-38(32,45)26-46-31-17-22-48-23-18-31/h4-9,12-15,27,30-32,45H,10-11,16-26H2,1-3H3/t30-,32?,38?/m1/s1. The van der Waals surface area contributed by atoms with Crippen LogP contribution in [0, 0.1) is 0 Å². The number of carbonyl (C=O) groups excluding carboxylic acids is 2. The van der Waals surface area contributed by atoms with Gasteiger partial charge >= 0.3 is 6.09 Å². The average Bonchev–Trinajstić information content (AvgIpc) is 3.53. The summed E-state index contributed by atoms with van der Waals surface area (Å²) >= 11 is 1.96. The molecule has 2 aromatic carbocycles. The number of nitrogens with zero attached hydrogens (tertiary/aromatic N) is 4. The molecule has 9 nitrogen and oxygen atoms in total. The van der Waals surface area contributed by atoms with E-state index < -0.39 is 11.2 Å². The van der Waals surface area contributed by atoms with E-state index in [0.29, 0.717) is 43.9 Å². The molecule has 1 aliphatic carbocycles. The van der Waals surface area contributed by atoms with Crippen LogP contribution in [0.5, 0.6) is 0 Å². The molecule has 48 heavy (non-hydrogen) atoms. The van der Waals surface area contributed by atoms with Crippen molar-refractivity contribution in [1.82, 2.24) is 19.4 Å². The summed E-state index contributed by atoms with van der Waals surface area (Å²) in [6.45, 7) is 6.95. The Kier molecular flexibility index (Phi) is 10.8. The van der Waals surface area contributed by atoms with Crippen LogP contribution in [0.2, 0.25) is 0 Å². The Bertz CT molecular complexity index is 1520. The van der Waals surface area contributed by atoms with E-state index in [1.54, 1.807) is 11.2 Å². The van der Waals surface area contributed by atoms with E-state index in [1.165, 1.54) is 0 Å². The van der Waals surface area contributed by atoms with Gasteiger partial charge in [0.15, 0.2) is 5.69 Å². The fourth-order valence-corrected chi connectivity index (χ4v) is 8.39. The van der Waals surface area contributed by atoms with Crippen molar-refractivity contribution in [2.24, 2.45) is 0 Å². The summed E-state index contributed by atoms with van der Waals surface area (Å²) in [5, 5.41) is 12.2. The molecule has 1 N–H and O–H groups in total. The highest BCUT2D eigenvalue weighted by atomic mass is 32.2. The predicted molar refractivity (Wildman–Crippen MR) is 189 cm³/mol. The molecule has 3 atom stereocenters. The van der Waals surface area contributed by atoms with Crippen LogP contribution in [0.1, 0.15) is 81.4 Å². The lowest BCUT2D eigenvalue weighted by Crippen LogP contribution is -2.58. The SMILES string of the molecule is CC(C)(C)OC(=O)N1CCN(C(=O)c2ncn(C3CCCCC3(O)COC3CCSCC3)c2-c2ccccc2)[C@H](Cc2ccccc2)C1. The zero-order chi connectivity index (χ0) is 33.7. The van der Waals surface area contributed by atoms with Crippen molar-refractivity contribution >= 4 is 23.8 Å². The molecule has 3 fully saturated rings. The molecule has 0 spiro atoms. The summed E-state index contributed by atoms with van der Waals surface area (Å²) in [6.07, 6.45) is 7.49. The molecule has 6 rings (SSSR count). The van der Waals surface area contributed by atoms with Gasteiger partial charge in [-0.25, -0.2) is 9.78 Å². The third-order valence-electron chi connectivity index (χ3n) is 9.78. The number of aliphatic hydroxyl groups is 1. The Morgan fingerprint density at radius 3 is 2.40 bits per heavy atom. The Morgan fingerprint density at radius 2 is 1.69 bits per heavy atom. The maximum Gasteiger partial charge on any atom is 0.410 e. The van der Waals surface area contributed by atoms with Crippen LogP contribution < -0.4 is 0 Å². The lowest BCUT2D eigenvalue weighted by Gasteiger charge is -2.42. The predicted octanol–water partition coefficient (Wildman–Crippen LogP) is 6.61. The summed E-state index contributed by atoms with van der Waals surface area (Å²) in [5.74, 6) is 2.01. The van der Waals surface area contributed by atoms with Crippen molar-refractivity contribution in [2.45, 2.75) is 95.1 Å². The van der Waals surface area contributed by atoms with Crippen molar-refractivity contribution in [1.29, 1.82) is 0 Å². The number of benzene rings is 2. The highest BCUT2D eigenvalue weighted by Crippen LogP contribution is 2.42. The minimum absolute atomic E-state index is 0.173. The molecular formula is C38H50N4O5S. The van der Waals surface area contributed by atoms with E-state index in [1.807, 2.05) is 90.5 Å². The third-order valence-corrected chi connectivity index (χ3v) is 10.8. The second kappa shape index (κ2) is 15.0. The molecule has 2 saturated heterocycles. The maximum atomic E-state index is 14.7. The minimum atomic E-state index is -1.07. The molecule has 1 aromatic heterocycles. The molecule has 0 bridgehead atoms. The second-order valence-corrected chi connectivity index (χ2v) is 15.7. The number of amides is 2. The Morgan fingerprint density at radius 1 is 0.979 bits per heavy atom. The van der Waals surface area contributed by atoms with Crippen molar-refractivity contribution in [3.63, 3.8) is 0 Å². The van der Waals surface area contributed by atoms with Gasteiger partial charge in [0.2, 0.25) is 0 Å². The molecule has 2 aliphatic heterocycles. The highest BCUT2D eigenvalue weighted by molar-refractivity contribution is 7.99. The third kappa shape index (κ3) is 8.09. The van der Waals surface area contributed by atoms with Gasteiger partial charge in [-0.2, -0.15) is 11.8 Å². The number of imidazole rings is 1. The van der Waals surface area contributed by atoms with Gasteiger partial charge in [-0.15, -0.1) is 0 Å². The molecule has 10 heteroatoms. The van der Waals surface area contributed by atoms with Crippen LogP contribution in [0.4, 0.5) is 4.79 Å². The van der Waals surface area contributed by atoms with Crippen LogP contribution in [-0.2, 0) is 15.9 Å². The molecule has 2 amide bonds. The molecule has 1 saturated carbocycles. The van der Waals surface area contributed by atoms with Gasteiger partial charge in [0, 0.05) is 25.2 Å². The summed E-state index contributed by atoms with van der Waals surface area (Å²) in [6, 6.07) is 19.4.